The van der Waals surface area contributed by atoms with Crippen LogP contribution in [0.1, 0.15) is 6.92 Å². The van der Waals surface area contributed by atoms with E-state index in [4.69, 9.17) is 4.74 Å². The predicted octanol–water partition coefficient (Wildman–Crippen LogP) is 2.77. The summed E-state index contributed by atoms with van der Waals surface area (Å²) in [7, 11) is 0. The lowest BCUT2D eigenvalue weighted by atomic mass is 10.1. The number of imidazole rings is 1. The first kappa shape index (κ1) is 17.7. The summed E-state index contributed by atoms with van der Waals surface area (Å²) in [6.07, 6.45) is 6.56. The van der Waals surface area contributed by atoms with Gasteiger partial charge in [-0.3, -0.25) is 10.1 Å². The van der Waals surface area contributed by atoms with E-state index in [9.17, 15) is 9.18 Å². The highest BCUT2D eigenvalue weighted by molar-refractivity contribution is 5.89. The van der Waals surface area contributed by atoms with Gasteiger partial charge in [0.25, 0.3) is 0 Å². The largest absolute Gasteiger partial charge is 0.493 e. The number of anilines is 1. The molecule has 3 aromatic heterocycles. The number of pyridine rings is 1. The Hall–Kier alpha value is -3.75. The summed E-state index contributed by atoms with van der Waals surface area (Å²) < 4.78 is 22.5. The molecule has 1 N–H and O–H groups in total. The first-order chi connectivity index (χ1) is 13.6. The van der Waals surface area contributed by atoms with Crippen molar-refractivity contribution in [1.82, 2.24) is 24.1 Å². The Morgan fingerprint density at radius 3 is 2.96 bits per heavy atom. The van der Waals surface area contributed by atoms with E-state index in [1.165, 1.54) is 16.6 Å². The Morgan fingerprint density at radius 2 is 2.18 bits per heavy atom. The van der Waals surface area contributed by atoms with E-state index in [1.807, 2.05) is 6.92 Å². The molecule has 1 amide bonds. The van der Waals surface area contributed by atoms with Gasteiger partial charge in [0.05, 0.1) is 12.9 Å². The van der Waals surface area contributed by atoms with Crippen LogP contribution in [0, 0.1) is 5.82 Å². The van der Waals surface area contributed by atoms with Gasteiger partial charge >= 0.3 is 0 Å². The van der Waals surface area contributed by atoms with Crippen molar-refractivity contribution in [2.45, 2.75) is 13.5 Å². The molecule has 0 bridgehead atoms. The van der Waals surface area contributed by atoms with Gasteiger partial charge in [0.2, 0.25) is 11.9 Å². The zero-order valence-corrected chi connectivity index (χ0v) is 15.0. The molecule has 0 aliphatic heterocycles. The minimum atomic E-state index is -0.357. The van der Waals surface area contributed by atoms with Crippen molar-refractivity contribution < 1.29 is 13.9 Å². The number of ether oxygens (including phenoxy) is 1. The highest BCUT2D eigenvalue weighted by Gasteiger charge is 2.12. The monoisotopic (exact) mass is 380 g/mol. The lowest BCUT2D eigenvalue weighted by Gasteiger charge is -2.10. The third kappa shape index (κ3) is 3.68. The summed E-state index contributed by atoms with van der Waals surface area (Å²) in [6, 6.07) is 7.92. The average Bonchev–Trinajstić information content (AvgIpc) is 3.31. The molecular formula is C19H17FN6O2. The second-order valence-electron chi connectivity index (χ2n) is 6.01. The van der Waals surface area contributed by atoms with E-state index in [-0.39, 0.29) is 24.2 Å². The van der Waals surface area contributed by atoms with Crippen LogP contribution >= 0.6 is 0 Å². The Bertz CT molecular complexity index is 1120. The highest BCUT2D eigenvalue weighted by atomic mass is 19.1. The fraction of sp³-hybridized carbons (Fsp3) is 0.158. The predicted molar refractivity (Wildman–Crippen MR) is 100 cm³/mol. The lowest BCUT2D eigenvalue weighted by molar-refractivity contribution is -0.116. The molecule has 0 aliphatic carbocycles. The van der Waals surface area contributed by atoms with Crippen molar-refractivity contribution in [2.75, 3.05) is 11.9 Å². The molecule has 1 aromatic carbocycles. The number of aromatic nitrogens is 5. The molecule has 4 rings (SSSR count). The van der Waals surface area contributed by atoms with Crippen molar-refractivity contribution in [3.63, 3.8) is 0 Å². The molecule has 142 valence electrons. The first-order valence-corrected chi connectivity index (χ1v) is 8.67. The highest BCUT2D eigenvalue weighted by Crippen LogP contribution is 2.31. The van der Waals surface area contributed by atoms with Gasteiger partial charge in [0.1, 0.15) is 18.1 Å². The van der Waals surface area contributed by atoms with Crippen molar-refractivity contribution >= 4 is 17.5 Å². The summed E-state index contributed by atoms with van der Waals surface area (Å²) in [5, 5.41) is 6.93. The lowest BCUT2D eigenvalue weighted by Crippen LogP contribution is -2.18. The van der Waals surface area contributed by atoms with Gasteiger partial charge in [0.15, 0.2) is 5.65 Å². The molecule has 0 aliphatic rings. The van der Waals surface area contributed by atoms with E-state index in [0.29, 0.717) is 23.6 Å². The SMILES string of the molecule is CCOc1ccc(F)cc1-c1ccc2nc(NC(=O)Cn3ccnc3)nn2c1. The van der Waals surface area contributed by atoms with Crippen molar-refractivity contribution in [3.8, 4) is 16.9 Å². The molecule has 4 aromatic rings. The molecule has 3 heterocycles. The van der Waals surface area contributed by atoms with Crippen molar-refractivity contribution in [2.24, 2.45) is 0 Å². The number of hydrogen-bond donors (Lipinski definition) is 1. The molecule has 8 nitrogen and oxygen atoms in total. The van der Waals surface area contributed by atoms with Crippen LogP contribution < -0.4 is 10.1 Å². The minimum absolute atomic E-state index is 0.113. The molecule has 9 heteroatoms. The third-order valence-electron chi connectivity index (χ3n) is 4.02. The molecule has 28 heavy (non-hydrogen) atoms. The van der Waals surface area contributed by atoms with Crippen LogP contribution in [0.15, 0.2) is 55.2 Å². The van der Waals surface area contributed by atoms with E-state index in [1.54, 1.807) is 47.7 Å². The molecule has 0 saturated heterocycles. The molecule has 0 saturated carbocycles. The van der Waals surface area contributed by atoms with E-state index < -0.39 is 0 Å². The average molecular weight is 380 g/mol. The minimum Gasteiger partial charge on any atom is -0.493 e. The second kappa shape index (κ2) is 7.47. The van der Waals surface area contributed by atoms with Gasteiger partial charge < -0.3 is 9.30 Å². The molecule has 0 spiro atoms. The van der Waals surface area contributed by atoms with E-state index in [2.05, 4.69) is 20.4 Å². The second-order valence-corrected chi connectivity index (χ2v) is 6.01. The van der Waals surface area contributed by atoms with Gasteiger partial charge in [-0.15, -0.1) is 5.10 Å². The quantitative estimate of drug-likeness (QED) is 0.556. The van der Waals surface area contributed by atoms with Crippen molar-refractivity contribution in [1.29, 1.82) is 0 Å². The van der Waals surface area contributed by atoms with E-state index in [0.717, 1.165) is 5.56 Å². The summed E-state index contributed by atoms with van der Waals surface area (Å²) in [5.41, 5.74) is 1.89. The van der Waals surface area contributed by atoms with Crippen LogP contribution in [-0.4, -0.2) is 36.7 Å². The van der Waals surface area contributed by atoms with Crippen LogP contribution in [0.3, 0.4) is 0 Å². The molecule has 0 radical (unpaired) electrons. The zero-order valence-electron chi connectivity index (χ0n) is 15.0. The topological polar surface area (TPSA) is 86.3 Å². The Labute approximate surface area is 159 Å². The first-order valence-electron chi connectivity index (χ1n) is 8.67. The maximum atomic E-state index is 13.7. The number of hydrogen-bond acceptors (Lipinski definition) is 5. The molecule has 0 fully saturated rings. The van der Waals surface area contributed by atoms with Crippen LogP contribution in [0.4, 0.5) is 10.3 Å². The molecule has 0 unspecified atom stereocenters. The smallest absolute Gasteiger partial charge is 0.249 e. The molecular weight excluding hydrogens is 363 g/mol. The van der Waals surface area contributed by atoms with Gasteiger partial charge in [-0.2, -0.15) is 4.98 Å². The van der Waals surface area contributed by atoms with Crippen molar-refractivity contribution in [3.05, 3.63) is 61.1 Å². The summed E-state index contributed by atoms with van der Waals surface area (Å²) in [4.78, 5) is 20.3. The number of carbonyl (C=O) groups excluding carboxylic acids is 1. The summed E-state index contributed by atoms with van der Waals surface area (Å²) in [6.45, 7) is 2.45. The van der Waals surface area contributed by atoms with Crippen LogP contribution in [0.2, 0.25) is 0 Å². The summed E-state index contributed by atoms with van der Waals surface area (Å²) >= 11 is 0. The number of carbonyl (C=O) groups is 1. The van der Waals surface area contributed by atoms with Gasteiger partial charge in [-0.05, 0) is 37.3 Å². The number of nitrogens with zero attached hydrogens (tertiary/aromatic N) is 5. The normalized spacial score (nSPS) is 10.9. The maximum absolute atomic E-state index is 13.7. The fourth-order valence-electron chi connectivity index (χ4n) is 2.81. The number of fused-ring (bicyclic) bond motifs is 1. The third-order valence-corrected chi connectivity index (χ3v) is 4.02. The fourth-order valence-corrected chi connectivity index (χ4v) is 2.81. The van der Waals surface area contributed by atoms with Crippen LogP contribution in [-0.2, 0) is 11.3 Å². The standard InChI is InChI=1S/C19H17FN6O2/c1-2-28-16-5-4-14(20)9-15(16)13-3-6-17-22-19(24-26(17)10-13)23-18(27)11-25-8-7-21-12-25/h3-10,12H,2,11H2,1H3,(H,23,24,27). The number of nitrogens with one attached hydrogen (secondary N) is 1. The van der Waals surface area contributed by atoms with E-state index >= 15 is 0 Å². The van der Waals surface area contributed by atoms with Crippen LogP contribution in [0.5, 0.6) is 5.75 Å². The zero-order chi connectivity index (χ0) is 19.5. The van der Waals surface area contributed by atoms with Crippen LogP contribution in [0.25, 0.3) is 16.8 Å². The summed E-state index contributed by atoms with van der Waals surface area (Å²) in [5.74, 6) is 0.145. The Kier molecular flexibility index (Phi) is 4.71. The Morgan fingerprint density at radius 1 is 1.29 bits per heavy atom. The molecule has 0 atom stereocenters. The van der Waals surface area contributed by atoms with Gasteiger partial charge in [0, 0.05) is 29.7 Å². The number of amides is 1. The number of halogens is 1. The van der Waals surface area contributed by atoms with Gasteiger partial charge in [-0.25, -0.2) is 13.9 Å². The number of benzene rings is 1. The number of rotatable bonds is 6. The van der Waals surface area contributed by atoms with Gasteiger partial charge in [-0.1, -0.05) is 0 Å². The maximum Gasteiger partial charge on any atom is 0.249 e. The Balaban J connectivity index is 1.60.